The fourth-order valence-corrected chi connectivity index (χ4v) is 7.14. The second-order valence-electron chi connectivity index (χ2n) is 10.8. The molecule has 1 fully saturated rings. The lowest BCUT2D eigenvalue weighted by molar-refractivity contribution is -0.137. The van der Waals surface area contributed by atoms with Crippen molar-refractivity contribution in [3.05, 3.63) is 59.7 Å². The van der Waals surface area contributed by atoms with E-state index in [9.17, 15) is 31.2 Å². The third kappa shape index (κ3) is 8.71. The molecule has 4 atom stereocenters. The molecule has 2 aromatic carbocycles. The summed E-state index contributed by atoms with van der Waals surface area (Å²) < 4.78 is 66.0. The van der Waals surface area contributed by atoms with Gasteiger partial charge in [0.1, 0.15) is 6.04 Å². The highest BCUT2D eigenvalue weighted by molar-refractivity contribution is 7.98. The van der Waals surface area contributed by atoms with Gasteiger partial charge in [0.05, 0.1) is 16.2 Å². The fourth-order valence-electron chi connectivity index (χ4n) is 5.06. The summed E-state index contributed by atoms with van der Waals surface area (Å²) in [5.74, 6) is -1.87. The quantitative estimate of drug-likeness (QED) is 0.366. The molecule has 0 aliphatic heterocycles. The molecule has 0 saturated heterocycles. The second kappa shape index (κ2) is 13.6. The van der Waals surface area contributed by atoms with Crippen molar-refractivity contribution in [2.75, 3.05) is 19.1 Å². The van der Waals surface area contributed by atoms with E-state index in [0.717, 1.165) is 29.5 Å². The predicted molar refractivity (Wildman–Crippen MR) is 155 cm³/mol. The van der Waals surface area contributed by atoms with Crippen LogP contribution in [0.4, 0.5) is 13.2 Å². The molecule has 0 spiro atoms. The number of nitrogens with one attached hydrogen (secondary N) is 2. The van der Waals surface area contributed by atoms with Crippen molar-refractivity contribution < 1.29 is 31.2 Å². The lowest BCUT2D eigenvalue weighted by Gasteiger charge is -2.42. The number of halogens is 3. The largest absolute Gasteiger partial charge is 0.416 e. The highest BCUT2D eigenvalue weighted by Crippen LogP contribution is 2.32. The lowest BCUT2D eigenvalue weighted by Crippen LogP contribution is -2.54. The molecule has 2 amide bonds. The van der Waals surface area contributed by atoms with Crippen molar-refractivity contribution in [1.29, 1.82) is 0 Å². The number of benzene rings is 2. The number of nitrogens with zero attached hydrogens (tertiary/aromatic N) is 1. The van der Waals surface area contributed by atoms with Gasteiger partial charge in [0.25, 0.3) is 5.91 Å². The van der Waals surface area contributed by atoms with E-state index < -0.39 is 45.5 Å². The van der Waals surface area contributed by atoms with Crippen LogP contribution in [0.25, 0.3) is 0 Å². The Labute approximate surface area is 244 Å². The van der Waals surface area contributed by atoms with Crippen LogP contribution in [0.5, 0.6) is 0 Å². The number of carbonyl (C=O) groups excluding carboxylic acids is 2. The van der Waals surface area contributed by atoms with Crippen LogP contribution in [0.15, 0.2) is 58.3 Å². The molecular weight excluding hydrogens is 575 g/mol. The second-order valence-corrected chi connectivity index (χ2v) is 13.7. The molecule has 0 aromatic heterocycles. The average Bonchev–Trinajstić information content (AvgIpc) is 2.92. The molecule has 0 heterocycles. The maximum absolute atomic E-state index is 13.4. The third-order valence-electron chi connectivity index (χ3n) is 7.72. The summed E-state index contributed by atoms with van der Waals surface area (Å²) >= 11 is 1.52. The SMILES string of the molecule is CSc1ccc(S(=O)(=O)CC2CC(N(C)C(C)C)CCC2NC(=O)C(C)NC(=O)c2cccc(C(F)(F)F)c2)cc1. The van der Waals surface area contributed by atoms with E-state index in [1.807, 2.05) is 13.3 Å². The Morgan fingerprint density at radius 3 is 2.32 bits per heavy atom. The molecule has 7 nitrogen and oxygen atoms in total. The zero-order valence-corrected chi connectivity index (χ0v) is 25.5. The van der Waals surface area contributed by atoms with Gasteiger partial charge in [0.15, 0.2) is 9.84 Å². The van der Waals surface area contributed by atoms with Crippen LogP contribution >= 0.6 is 11.8 Å². The number of thioether (sulfide) groups is 1. The minimum atomic E-state index is -4.60. The Bertz CT molecular complexity index is 1320. The Morgan fingerprint density at radius 1 is 1.07 bits per heavy atom. The van der Waals surface area contributed by atoms with Crippen molar-refractivity contribution in [3.8, 4) is 0 Å². The van der Waals surface area contributed by atoms with E-state index in [2.05, 4.69) is 29.4 Å². The molecule has 3 rings (SSSR count). The van der Waals surface area contributed by atoms with Crippen molar-refractivity contribution >= 4 is 33.4 Å². The van der Waals surface area contributed by atoms with Gasteiger partial charge in [-0.3, -0.25) is 9.59 Å². The molecule has 2 aromatic rings. The van der Waals surface area contributed by atoms with Gasteiger partial charge in [-0.1, -0.05) is 6.07 Å². The number of carbonyl (C=O) groups is 2. The minimum absolute atomic E-state index is 0.139. The number of hydrogen-bond donors (Lipinski definition) is 2. The van der Waals surface area contributed by atoms with E-state index in [4.69, 9.17) is 0 Å². The van der Waals surface area contributed by atoms with E-state index in [1.165, 1.54) is 24.8 Å². The molecule has 1 aliphatic rings. The molecule has 226 valence electrons. The standard InChI is InChI=1S/C29H38F3N3O4S2/c1-18(2)35(4)23-9-14-26(21(16-23)17-41(38,39)25-12-10-24(40-5)11-13-25)34-27(36)19(3)33-28(37)20-7-6-8-22(15-20)29(30,31)32/h6-8,10-13,15,18-19,21,23,26H,9,14,16-17H2,1-5H3,(H,33,37)(H,34,36). The van der Waals surface area contributed by atoms with Gasteiger partial charge in [0, 0.05) is 28.6 Å². The summed E-state index contributed by atoms with van der Waals surface area (Å²) in [6.45, 7) is 5.58. The normalized spacial score (nSPS) is 20.6. The first-order valence-electron chi connectivity index (χ1n) is 13.5. The van der Waals surface area contributed by atoms with Gasteiger partial charge in [-0.2, -0.15) is 13.2 Å². The van der Waals surface area contributed by atoms with E-state index in [1.54, 1.807) is 24.3 Å². The monoisotopic (exact) mass is 613 g/mol. The molecule has 12 heteroatoms. The van der Waals surface area contributed by atoms with Crippen LogP contribution < -0.4 is 10.6 Å². The number of amides is 2. The van der Waals surface area contributed by atoms with E-state index >= 15 is 0 Å². The molecule has 0 bridgehead atoms. The topological polar surface area (TPSA) is 95.6 Å². The van der Waals surface area contributed by atoms with Gasteiger partial charge >= 0.3 is 6.18 Å². The molecule has 1 aliphatic carbocycles. The van der Waals surface area contributed by atoms with E-state index in [-0.39, 0.29) is 34.2 Å². The molecule has 0 radical (unpaired) electrons. The summed E-state index contributed by atoms with van der Waals surface area (Å²) in [7, 11) is -1.65. The fraction of sp³-hybridized carbons (Fsp3) is 0.517. The van der Waals surface area contributed by atoms with Gasteiger partial charge in [-0.25, -0.2) is 8.42 Å². The molecule has 41 heavy (non-hydrogen) atoms. The Balaban J connectivity index is 1.74. The summed E-state index contributed by atoms with van der Waals surface area (Å²) in [4.78, 5) is 29.1. The summed E-state index contributed by atoms with van der Waals surface area (Å²) in [6, 6.07) is 9.60. The number of hydrogen-bond acceptors (Lipinski definition) is 6. The first-order valence-corrected chi connectivity index (χ1v) is 16.4. The van der Waals surface area contributed by atoms with Gasteiger partial charge < -0.3 is 15.5 Å². The van der Waals surface area contributed by atoms with Crippen molar-refractivity contribution in [1.82, 2.24) is 15.5 Å². The van der Waals surface area contributed by atoms with Crippen LogP contribution in [-0.2, 0) is 20.8 Å². The van der Waals surface area contributed by atoms with Gasteiger partial charge in [-0.05, 0) is 102 Å². The van der Waals surface area contributed by atoms with Crippen LogP contribution in [0, 0.1) is 5.92 Å². The summed E-state index contributed by atoms with van der Waals surface area (Å²) in [5, 5.41) is 5.38. The Hall–Kier alpha value is -2.57. The zero-order valence-electron chi connectivity index (χ0n) is 23.9. The highest BCUT2D eigenvalue weighted by atomic mass is 32.2. The molecule has 4 unspecified atom stereocenters. The van der Waals surface area contributed by atoms with Crippen LogP contribution in [0.3, 0.4) is 0 Å². The van der Waals surface area contributed by atoms with Gasteiger partial charge in [-0.15, -0.1) is 11.8 Å². The number of sulfone groups is 1. The lowest BCUT2D eigenvalue weighted by atomic mass is 9.81. The molecule has 2 N–H and O–H groups in total. The highest BCUT2D eigenvalue weighted by Gasteiger charge is 2.37. The number of alkyl halides is 3. The zero-order chi connectivity index (χ0) is 30.5. The first kappa shape index (κ1) is 32.9. The minimum Gasteiger partial charge on any atom is -0.351 e. The van der Waals surface area contributed by atoms with Crippen LogP contribution in [0.1, 0.15) is 56.0 Å². The molecule has 1 saturated carbocycles. The predicted octanol–water partition coefficient (Wildman–Crippen LogP) is 5.01. The van der Waals surface area contributed by atoms with Crippen LogP contribution in [0.2, 0.25) is 0 Å². The first-order chi connectivity index (χ1) is 19.1. The Morgan fingerprint density at radius 2 is 1.73 bits per heavy atom. The summed E-state index contributed by atoms with van der Waals surface area (Å²) in [6.07, 6.45) is -0.828. The maximum atomic E-state index is 13.4. The van der Waals surface area contributed by atoms with Crippen molar-refractivity contribution in [2.24, 2.45) is 5.92 Å². The van der Waals surface area contributed by atoms with Gasteiger partial charge in [0.2, 0.25) is 5.91 Å². The number of rotatable bonds is 10. The maximum Gasteiger partial charge on any atom is 0.416 e. The van der Waals surface area contributed by atoms with Crippen molar-refractivity contribution in [3.63, 3.8) is 0 Å². The third-order valence-corrected chi connectivity index (χ3v) is 10.3. The smallest absolute Gasteiger partial charge is 0.351 e. The van der Waals surface area contributed by atoms with E-state index in [0.29, 0.717) is 12.8 Å². The van der Waals surface area contributed by atoms with Crippen molar-refractivity contribution in [2.45, 2.75) is 80.2 Å². The molecular formula is C29H38F3N3O4S2. The summed E-state index contributed by atoms with van der Waals surface area (Å²) in [5.41, 5.74) is -1.18. The average molecular weight is 614 g/mol. The Kier molecular flexibility index (Phi) is 10.9. The van der Waals surface area contributed by atoms with Crippen LogP contribution in [-0.4, -0.2) is 68.4 Å².